The van der Waals surface area contributed by atoms with Gasteiger partial charge in [-0.05, 0) is 93.3 Å². The Bertz CT molecular complexity index is 783. The van der Waals surface area contributed by atoms with Crippen molar-refractivity contribution in [2.75, 3.05) is 19.6 Å². The molecular weight excluding hydrogens is 356 g/mol. The highest BCUT2D eigenvalue weighted by atomic mass is 16.1. The third-order valence-corrected chi connectivity index (χ3v) is 8.34. The van der Waals surface area contributed by atoms with Crippen molar-refractivity contribution >= 4 is 5.91 Å². The fraction of sp³-hybridized carbons (Fsp3) is 0.654. The van der Waals surface area contributed by atoms with E-state index in [9.17, 15) is 4.79 Å². The Morgan fingerprint density at radius 2 is 2.03 bits per heavy atom. The number of nitrogens with one attached hydrogen (secondary N) is 1. The molecule has 1 saturated heterocycles. The Morgan fingerprint density at radius 1 is 1.21 bits per heavy atom. The zero-order valence-corrected chi connectivity index (χ0v) is 17.9. The third-order valence-electron chi connectivity index (χ3n) is 8.34. The average molecular weight is 395 g/mol. The second-order valence-electron chi connectivity index (χ2n) is 10.3. The van der Waals surface area contributed by atoms with E-state index in [1.54, 1.807) is 6.92 Å². The molecule has 3 heteroatoms. The van der Waals surface area contributed by atoms with Crippen LogP contribution in [0.3, 0.4) is 0 Å². The Kier molecular flexibility index (Phi) is 5.28. The molecule has 2 fully saturated rings. The van der Waals surface area contributed by atoms with Gasteiger partial charge in [-0.1, -0.05) is 36.4 Å². The van der Waals surface area contributed by atoms with Gasteiger partial charge in [0.15, 0.2) is 0 Å². The zero-order chi connectivity index (χ0) is 19.8. The van der Waals surface area contributed by atoms with Crippen molar-refractivity contribution < 1.29 is 6.22 Å². The lowest BCUT2D eigenvalue weighted by Crippen LogP contribution is -2.43. The van der Waals surface area contributed by atoms with Crippen LogP contribution in [-0.4, -0.2) is 30.4 Å². The molecule has 4 atom stereocenters. The number of allylic oxidation sites excluding steroid dienone is 2. The highest BCUT2D eigenvalue weighted by Crippen LogP contribution is 2.51. The van der Waals surface area contributed by atoms with E-state index in [4.69, 9.17) is 0 Å². The normalized spacial score (nSPS) is 33.3. The summed E-state index contributed by atoms with van der Waals surface area (Å²) >= 11 is 0. The third kappa shape index (κ3) is 3.91. The molecule has 158 valence electrons. The minimum atomic E-state index is 0. The van der Waals surface area contributed by atoms with Crippen LogP contribution in [0.25, 0.3) is 0 Å². The number of hydrogen-bond acceptors (Lipinski definition) is 2. The highest BCUT2D eigenvalue weighted by molar-refractivity contribution is 5.73. The summed E-state index contributed by atoms with van der Waals surface area (Å²) in [5.74, 6) is 2.77. The first-order valence-corrected chi connectivity index (χ1v) is 11.9. The SMILES string of the molecule is CC(=O)NC1CC2(CCN(C[C@H]3CC[C@H]4CC=C[C@@H](C4)C3)CC2)c2ccccc21.[HH]. The van der Waals surface area contributed by atoms with E-state index in [0.29, 0.717) is 0 Å². The van der Waals surface area contributed by atoms with Crippen molar-refractivity contribution in [3.63, 3.8) is 0 Å². The lowest BCUT2D eigenvalue weighted by Gasteiger charge is -2.41. The maximum Gasteiger partial charge on any atom is 0.217 e. The summed E-state index contributed by atoms with van der Waals surface area (Å²) in [7, 11) is 0. The van der Waals surface area contributed by atoms with E-state index in [1.165, 1.54) is 75.7 Å². The fourth-order valence-electron chi connectivity index (χ4n) is 6.93. The molecule has 1 heterocycles. The maximum absolute atomic E-state index is 11.7. The maximum atomic E-state index is 11.7. The number of hydrogen-bond donors (Lipinski definition) is 1. The Labute approximate surface area is 177 Å². The van der Waals surface area contributed by atoms with Gasteiger partial charge in [0.2, 0.25) is 5.91 Å². The van der Waals surface area contributed by atoms with Crippen LogP contribution in [0.5, 0.6) is 0 Å². The predicted octanol–water partition coefficient (Wildman–Crippen LogP) is 5.23. The minimum Gasteiger partial charge on any atom is -0.349 e. The minimum absolute atomic E-state index is 0. The molecule has 1 aromatic rings. The van der Waals surface area contributed by atoms with Crippen LogP contribution in [-0.2, 0) is 10.2 Å². The first-order valence-electron chi connectivity index (χ1n) is 11.9. The molecule has 29 heavy (non-hydrogen) atoms. The van der Waals surface area contributed by atoms with E-state index < -0.39 is 0 Å². The average Bonchev–Trinajstić information content (AvgIpc) is 2.93. The number of rotatable bonds is 3. The topological polar surface area (TPSA) is 32.3 Å². The highest BCUT2D eigenvalue weighted by Gasteiger charge is 2.45. The summed E-state index contributed by atoms with van der Waals surface area (Å²) < 4.78 is 0. The largest absolute Gasteiger partial charge is 0.349 e. The van der Waals surface area contributed by atoms with Gasteiger partial charge in [-0.15, -0.1) is 0 Å². The van der Waals surface area contributed by atoms with E-state index in [1.807, 2.05) is 0 Å². The molecule has 1 aliphatic heterocycles. The van der Waals surface area contributed by atoms with E-state index >= 15 is 0 Å². The summed E-state index contributed by atoms with van der Waals surface area (Å²) in [5, 5.41) is 3.22. The van der Waals surface area contributed by atoms with Crippen LogP contribution in [0.1, 0.15) is 76.9 Å². The van der Waals surface area contributed by atoms with Crippen molar-refractivity contribution in [3.8, 4) is 0 Å². The fourth-order valence-corrected chi connectivity index (χ4v) is 6.93. The molecule has 1 spiro atoms. The first kappa shape index (κ1) is 19.4. The predicted molar refractivity (Wildman–Crippen MR) is 120 cm³/mol. The van der Waals surface area contributed by atoms with Crippen LogP contribution in [0.15, 0.2) is 36.4 Å². The first-order chi connectivity index (χ1) is 14.1. The van der Waals surface area contributed by atoms with Gasteiger partial charge in [0.25, 0.3) is 0 Å². The standard InChI is InChI=1S/C26H36N2O.H2/c1-19(29)27-25-17-26(24-8-3-2-7-23(24)25)11-13-28(14-12-26)18-22-10-9-20-5-4-6-21(15-20)16-22;/h2-4,6-8,20-22,25H,5,9-18H2,1H3,(H,27,29);1H/t20-,21+,22+,25?;/m1./s1. The van der Waals surface area contributed by atoms with Crippen LogP contribution in [0.2, 0.25) is 0 Å². The molecule has 0 aromatic heterocycles. The molecule has 5 rings (SSSR count). The van der Waals surface area contributed by atoms with Crippen LogP contribution in [0.4, 0.5) is 0 Å². The van der Waals surface area contributed by atoms with Gasteiger partial charge >= 0.3 is 0 Å². The Morgan fingerprint density at radius 3 is 2.86 bits per heavy atom. The molecule has 2 bridgehead atoms. The lowest BCUT2D eigenvalue weighted by molar-refractivity contribution is -0.119. The van der Waals surface area contributed by atoms with Crippen molar-refractivity contribution in [1.82, 2.24) is 10.2 Å². The summed E-state index contributed by atoms with van der Waals surface area (Å²) in [6.07, 6.45) is 15.6. The van der Waals surface area contributed by atoms with Crippen molar-refractivity contribution in [2.24, 2.45) is 17.8 Å². The van der Waals surface area contributed by atoms with Gasteiger partial charge in [0.1, 0.15) is 0 Å². The van der Waals surface area contributed by atoms with Gasteiger partial charge in [-0.2, -0.15) is 0 Å². The molecule has 3 aliphatic carbocycles. The Balaban J connectivity index is 0.00000218. The molecule has 3 nitrogen and oxygen atoms in total. The number of benzene rings is 1. The molecule has 4 aliphatic rings. The molecule has 1 amide bonds. The second-order valence-corrected chi connectivity index (χ2v) is 10.3. The second kappa shape index (κ2) is 7.91. The van der Waals surface area contributed by atoms with Gasteiger partial charge < -0.3 is 10.2 Å². The smallest absolute Gasteiger partial charge is 0.217 e. The molecule has 1 N–H and O–H groups in total. The lowest BCUT2D eigenvalue weighted by atomic mass is 9.73. The number of nitrogens with zero attached hydrogens (tertiary/aromatic N) is 1. The number of carbonyl (C=O) groups excluding carboxylic acids is 1. The zero-order valence-electron chi connectivity index (χ0n) is 17.9. The van der Waals surface area contributed by atoms with Crippen LogP contribution < -0.4 is 5.32 Å². The number of piperidine rings is 1. The van der Waals surface area contributed by atoms with Gasteiger partial charge in [-0.3, -0.25) is 4.79 Å². The molecule has 1 aromatic carbocycles. The molecular formula is C26H38N2O. The van der Waals surface area contributed by atoms with Crippen LogP contribution >= 0.6 is 0 Å². The Hall–Kier alpha value is -1.61. The van der Waals surface area contributed by atoms with Crippen molar-refractivity contribution in [1.29, 1.82) is 0 Å². The number of carbonyl (C=O) groups is 1. The van der Waals surface area contributed by atoms with E-state index in [-0.39, 0.29) is 18.8 Å². The number of amides is 1. The number of fused-ring (bicyclic) bond motifs is 4. The van der Waals surface area contributed by atoms with Crippen LogP contribution in [0, 0.1) is 17.8 Å². The van der Waals surface area contributed by atoms with Gasteiger partial charge in [0, 0.05) is 20.3 Å². The molecule has 0 radical (unpaired) electrons. The molecule has 1 saturated carbocycles. The van der Waals surface area contributed by atoms with Crippen molar-refractivity contribution in [2.45, 2.75) is 69.7 Å². The summed E-state index contributed by atoms with van der Waals surface area (Å²) in [6.45, 7) is 5.36. The van der Waals surface area contributed by atoms with Gasteiger partial charge in [0.05, 0.1) is 6.04 Å². The van der Waals surface area contributed by atoms with E-state index in [2.05, 4.69) is 46.6 Å². The monoisotopic (exact) mass is 394 g/mol. The molecule has 1 unspecified atom stereocenters. The van der Waals surface area contributed by atoms with E-state index in [0.717, 1.165) is 24.2 Å². The summed E-state index contributed by atoms with van der Waals surface area (Å²) in [4.78, 5) is 14.5. The summed E-state index contributed by atoms with van der Waals surface area (Å²) in [6, 6.07) is 9.06. The van der Waals surface area contributed by atoms with Gasteiger partial charge in [-0.25, -0.2) is 0 Å². The van der Waals surface area contributed by atoms with Crippen molar-refractivity contribution in [3.05, 3.63) is 47.5 Å². The number of likely N-dealkylation sites (tertiary alicyclic amines) is 1. The summed E-state index contributed by atoms with van der Waals surface area (Å²) in [5.41, 5.74) is 3.13. The quantitative estimate of drug-likeness (QED) is 0.712.